The molecule has 0 unspecified atom stereocenters. The lowest BCUT2D eigenvalue weighted by Gasteiger charge is -2.18. The molecule has 2 aromatic heterocycles. The molecular formula is C23H20ClN3O. The van der Waals surface area contributed by atoms with Gasteiger partial charge in [-0.15, -0.1) is 0 Å². The Bertz CT molecular complexity index is 1100. The predicted octanol–water partition coefficient (Wildman–Crippen LogP) is 5.60. The Balaban J connectivity index is 1.61. The third-order valence-corrected chi connectivity index (χ3v) is 4.98. The minimum absolute atomic E-state index is 0.660. The average Bonchev–Trinajstić information content (AvgIpc) is 2.74. The second kappa shape index (κ2) is 7.87. The Morgan fingerprint density at radius 2 is 1.82 bits per heavy atom. The molecule has 2 heterocycles. The molecular weight excluding hydrogens is 370 g/mol. The third-order valence-electron chi connectivity index (χ3n) is 4.66. The van der Waals surface area contributed by atoms with Crippen molar-refractivity contribution in [3.63, 3.8) is 0 Å². The van der Waals surface area contributed by atoms with Gasteiger partial charge >= 0.3 is 0 Å². The molecule has 0 aliphatic rings. The number of ether oxygens (including phenoxy) is 1. The number of methoxy groups -OCH3 is 1. The molecule has 0 spiro atoms. The Labute approximate surface area is 169 Å². The number of rotatable bonds is 5. The highest BCUT2D eigenvalue weighted by Gasteiger charge is 2.09. The van der Waals surface area contributed by atoms with Gasteiger partial charge in [-0.1, -0.05) is 41.9 Å². The molecule has 2 aromatic carbocycles. The van der Waals surface area contributed by atoms with Crippen molar-refractivity contribution >= 4 is 28.3 Å². The first-order chi connectivity index (χ1) is 13.6. The maximum Gasteiger partial charge on any atom is 0.128 e. The van der Waals surface area contributed by atoms with Gasteiger partial charge in [0, 0.05) is 36.8 Å². The van der Waals surface area contributed by atoms with Gasteiger partial charge in [-0.2, -0.15) is 0 Å². The van der Waals surface area contributed by atoms with E-state index in [1.807, 2.05) is 67.8 Å². The van der Waals surface area contributed by atoms with E-state index in [0.29, 0.717) is 5.02 Å². The van der Waals surface area contributed by atoms with Crippen molar-refractivity contribution in [1.29, 1.82) is 0 Å². The Hall–Kier alpha value is -3.11. The molecule has 140 valence electrons. The molecule has 5 heteroatoms. The maximum absolute atomic E-state index is 6.47. The molecule has 28 heavy (non-hydrogen) atoms. The van der Waals surface area contributed by atoms with Crippen LogP contribution < -0.4 is 9.64 Å². The van der Waals surface area contributed by atoms with Crippen molar-refractivity contribution in [2.24, 2.45) is 0 Å². The zero-order valence-corrected chi connectivity index (χ0v) is 16.5. The molecule has 4 nitrogen and oxygen atoms in total. The van der Waals surface area contributed by atoms with Crippen LogP contribution in [0, 0.1) is 0 Å². The van der Waals surface area contributed by atoms with Crippen molar-refractivity contribution in [2.75, 3.05) is 19.1 Å². The zero-order chi connectivity index (χ0) is 19.5. The summed E-state index contributed by atoms with van der Waals surface area (Å²) in [5.41, 5.74) is 3.75. The number of nitrogens with zero attached hydrogens (tertiary/aromatic N) is 3. The van der Waals surface area contributed by atoms with E-state index in [-0.39, 0.29) is 0 Å². The van der Waals surface area contributed by atoms with Crippen LogP contribution in [-0.2, 0) is 6.54 Å². The maximum atomic E-state index is 6.47. The van der Waals surface area contributed by atoms with Gasteiger partial charge in [0.1, 0.15) is 11.6 Å². The molecule has 0 saturated carbocycles. The molecule has 0 atom stereocenters. The standard InChI is InChI=1S/C23H20ClN3O/c1-27(15-16-6-4-3-5-7-16)23-11-8-17(14-25-23)21-13-20(24)19-10-9-18(28-2)12-22(19)26-21/h3-14H,15H2,1-2H3. The van der Waals surface area contributed by atoms with Gasteiger partial charge in [-0.25, -0.2) is 9.97 Å². The van der Waals surface area contributed by atoms with Gasteiger partial charge in [-0.3, -0.25) is 0 Å². The number of hydrogen-bond acceptors (Lipinski definition) is 4. The highest BCUT2D eigenvalue weighted by molar-refractivity contribution is 6.35. The number of fused-ring (bicyclic) bond motifs is 1. The van der Waals surface area contributed by atoms with Gasteiger partial charge in [0.2, 0.25) is 0 Å². The summed E-state index contributed by atoms with van der Waals surface area (Å²) in [4.78, 5) is 11.5. The van der Waals surface area contributed by atoms with Gasteiger partial charge < -0.3 is 9.64 Å². The van der Waals surface area contributed by atoms with E-state index in [2.05, 4.69) is 22.0 Å². The largest absolute Gasteiger partial charge is 0.497 e. The molecule has 0 saturated heterocycles. The number of halogens is 1. The number of aromatic nitrogens is 2. The lowest BCUT2D eigenvalue weighted by Crippen LogP contribution is -2.17. The Kier molecular flexibility index (Phi) is 5.13. The summed E-state index contributed by atoms with van der Waals surface area (Å²) in [6.45, 7) is 0.799. The van der Waals surface area contributed by atoms with E-state index in [1.165, 1.54) is 5.56 Å². The smallest absolute Gasteiger partial charge is 0.128 e. The molecule has 0 fully saturated rings. The Morgan fingerprint density at radius 1 is 1.00 bits per heavy atom. The first-order valence-electron chi connectivity index (χ1n) is 9.00. The molecule has 0 amide bonds. The van der Waals surface area contributed by atoms with E-state index < -0.39 is 0 Å². The van der Waals surface area contributed by atoms with Crippen molar-refractivity contribution < 1.29 is 4.74 Å². The molecule has 0 bridgehead atoms. The van der Waals surface area contributed by atoms with Crippen LogP contribution in [0.5, 0.6) is 5.75 Å². The Morgan fingerprint density at radius 3 is 2.54 bits per heavy atom. The van der Waals surface area contributed by atoms with Gasteiger partial charge in [0.05, 0.1) is 23.3 Å². The fourth-order valence-corrected chi connectivity index (χ4v) is 3.41. The van der Waals surface area contributed by atoms with Gasteiger partial charge in [-0.05, 0) is 35.9 Å². The van der Waals surface area contributed by atoms with Gasteiger partial charge in [0.15, 0.2) is 0 Å². The first-order valence-corrected chi connectivity index (χ1v) is 9.37. The second-order valence-electron chi connectivity index (χ2n) is 6.62. The summed E-state index contributed by atoms with van der Waals surface area (Å²) >= 11 is 6.47. The van der Waals surface area contributed by atoms with Crippen LogP contribution in [-0.4, -0.2) is 24.1 Å². The summed E-state index contributed by atoms with van der Waals surface area (Å²) < 4.78 is 5.30. The van der Waals surface area contributed by atoms with Crippen LogP contribution in [0.1, 0.15) is 5.56 Å². The molecule has 4 aromatic rings. The molecule has 0 N–H and O–H groups in total. The topological polar surface area (TPSA) is 38.2 Å². The molecule has 4 rings (SSSR count). The minimum Gasteiger partial charge on any atom is -0.497 e. The number of benzene rings is 2. The zero-order valence-electron chi connectivity index (χ0n) is 15.8. The van der Waals surface area contributed by atoms with E-state index in [1.54, 1.807) is 7.11 Å². The van der Waals surface area contributed by atoms with Crippen molar-refractivity contribution in [2.45, 2.75) is 6.54 Å². The fraction of sp³-hybridized carbons (Fsp3) is 0.130. The summed E-state index contributed by atoms with van der Waals surface area (Å²) in [5.74, 6) is 1.66. The van der Waals surface area contributed by atoms with Crippen LogP contribution in [0.15, 0.2) is 72.9 Å². The van der Waals surface area contributed by atoms with Crippen molar-refractivity contribution in [1.82, 2.24) is 9.97 Å². The lowest BCUT2D eigenvalue weighted by molar-refractivity contribution is 0.415. The lowest BCUT2D eigenvalue weighted by atomic mass is 10.1. The van der Waals surface area contributed by atoms with Crippen LogP contribution in [0.3, 0.4) is 0 Å². The molecule has 0 aliphatic carbocycles. The van der Waals surface area contributed by atoms with E-state index >= 15 is 0 Å². The van der Waals surface area contributed by atoms with Crippen LogP contribution in [0.25, 0.3) is 22.2 Å². The summed E-state index contributed by atoms with van der Waals surface area (Å²) in [6, 6.07) is 21.9. The number of anilines is 1. The third kappa shape index (κ3) is 3.78. The van der Waals surface area contributed by atoms with E-state index in [0.717, 1.165) is 40.3 Å². The van der Waals surface area contributed by atoms with Crippen molar-refractivity contribution in [3.8, 4) is 17.0 Å². The summed E-state index contributed by atoms with van der Waals surface area (Å²) in [7, 11) is 3.67. The normalized spacial score (nSPS) is 10.8. The fourth-order valence-electron chi connectivity index (χ4n) is 3.14. The highest BCUT2D eigenvalue weighted by atomic mass is 35.5. The van der Waals surface area contributed by atoms with Crippen LogP contribution in [0.2, 0.25) is 5.02 Å². The second-order valence-corrected chi connectivity index (χ2v) is 7.03. The quantitative estimate of drug-likeness (QED) is 0.445. The van der Waals surface area contributed by atoms with Crippen molar-refractivity contribution in [3.05, 3.63) is 83.5 Å². The van der Waals surface area contributed by atoms with E-state index in [4.69, 9.17) is 21.3 Å². The predicted molar refractivity (Wildman–Crippen MR) is 115 cm³/mol. The van der Waals surface area contributed by atoms with E-state index in [9.17, 15) is 0 Å². The average molecular weight is 390 g/mol. The van der Waals surface area contributed by atoms with Crippen LogP contribution >= 0.6 is 11.6 Å². The SMILES string of the molecule is COc1ccc2c(Cl)cc(-c3ccc(N(C)Cc4ccccc4)nc3)nc2c1. The molecule has 0 radical (unpaired) electrons. The molecule has 0 aliphatic heterocycles. The number of pyridine rings is 2. The summed E-state index contributed by atoms with van der Waals surface area (Å²) in [5, 5.41) is 1.56. The summed E-state index contributed by atoms with van der Waals surface area (Å²) in [6.07, 6.45) is 1.83. The van der Waals surface area contributed by atoms with Gasteiger partial charge in [0.25, 0.3) is 0 Å². The number of hydrogen-bond donors (Lipinski definition) is 0. The first kappa shape index (κ1) is 18.3. The van der Waals surface area contributed by atoms with Crippen LogP contribution in [0.4, 0.5) is 5.82 Å². The minimum atomic E-state index is 0.660. The monoisotopic (exact) mass is 389 g/mol. The highest BCUT2D eigenvalue weighted by Crippen LogP contribution is 2.30.